The Morgan fingerprint density at radius 1 is 1.44 bits per heavy atom. The molecule has 0 saturated heterocycles. The maximum Gasteiger partial charge on any atom is 0.331 e. The van der Waals surface area contributed by atoms with Gasteiger partial charge in [-0.3, -0.25) is 0 Å². The van der Waals surface area contributed by atoms with Gasteiger partial charge in [-0.15, -0.1) is 0 Å². The molecular weight excluding hydrogens is 230 g/mol. The Morgan fingerprint density at radius 3 is 2.50 bits per heavy atom. The minimum absolute atomic E-state index is 0.127. The Labute approximate surface area is 109 Å². The Morgan fingerprint density at radius 2 is 2.06 bits per heavy atom. The van der Waals surface area contributed by atoms with Crippen LogP contribution in [-0.2, 0) is 4.79 Å². The quantitative estimate of drug-likeness (QED) is 0.634. The van der Waals surface area contributed by atoms with Crippen molar-refractivity contribution in [2.24, 2.45) is 5.92 Å². The van der Waals surface area contributed by atoms with Crippen molar-refractivity contribution in [2.45, 2.75) is 51.5 Å². The molecule has 4 nitrogen and oxygen atoms in total. The van der Waals surface area contributed by atoms with E-state index in [1.165, 1.54) is 0 Å². The van der Waals surface area contributed by atoms with Crippen LogP contribution in [0.4, 0.5) is 0 Å². The van der Waals surface area contributed by atoms with E-state index in [4.69, 9.17) is 5.11 Å². The third-order valence-electron chi connectivity index (χ3n) is 4.02. The normalized spacial score (nSPS) is 29.3. The van der Waals surface area contributed by atoms with Gasteiger partial charge in [0.05, 0.1) is 6.61 Å². The lowest BCUT2D eigenvalue weighted by Gasteiger charge is -2.38. The van der Waals surface area contributed by atoms with Crippen LogP contribution in [0.25, 0.3) is 0 Å². The van der Waals surface area contributed by atoms with Gasteiger partial charge in [0.1, 0.15) is 0 Å². The zero-order valence-electron chi connectivity index (χ0n) is 11.4. The summed E-state index contributed by atoms with van der Waals surface area (Å²) >= 11 is 0. The summed E-state index contributed by atoms with van der Waals surface area (Å²) in [5.74, 6) is -0.123. The molecule has 1 aliphatic carbocycles. The predicted octanol–water partition coefficient (Wildman–Crippen LogP) is 1.94. The lowest BCUT2D eigenvalue weighted by Crippen LogP contribution is -2.50. The van der Waals surface area contributed by atoms with Crippen LogP contribution in [-0.4, -0.2) is 34.9 Å². The number of aliphatic hydroxyl groups is 1. The SMILES string of the molecule is CCC(=CCNC1(CO)CCC(C)CC1)C(=O)O. The Bertz CT molecular complexity index is 304. The zero-order valence-corrected chi connectivity index (χ0v) is 11.4. The molecule has 0 aliphatic heterocycles. The first kappa shape index (κ1) is 15.2. The van der Waals surface area contributed by atoms with E-state index < -0.39 is 5.97 Å². The molecule has 0 radical (unpaired) electrons. The van der Waals surface area contributed by atoms with Gasteiger partial charge >= 0.3 is 5.97 Å². The summed E-state index contributed by atoms with van der Waals surface area (Å²) in [6, 6.07) is 0. The average Bonchev–Trinajstić information content (AvgIpc) is 2.37. The summed E-state index contributed by atoms with van der Waals surface area (Å²) in [6.45, 7) is 4.72. The van der Waals surface area contributed by atoms with Crippen LogP contribution in [0, 0.1) is 5.92 Å². The molecule has 104 valence electrons. The molecule has 1 aliphatic rings. The van der Waals surface area contributed by atoms with Gasteiger partial charge in [-0.2, -0.15) is 0 Å². The standard InChI is InChI=1S/C14H25NO3/c1-3-12(13(17)18)6-9-15-14(10-16)7-4-11(2)5-8-14/h6,11,15-16H,3-5,7-10H2,1-2H3,(H,17,18). The molecule has 0 aromatic heterocycles. The summed E-state index contributed by atoms with van der Waals surface area (Å²) in [5.41, 5.74) is 0.222. The Hall–Kier alpha value is -0.870. The smallest absolute Gasteiger partial charge is 0.331 e. The van der Waals surface area contributed by atoms with Gasteiger partial charge in [-0.25, -0.2) is 4.79 Å². The second-order valence-corrected chi connectivity index (χ2v) is 5.39. The average molecular weight is 255 g/mol. The lowest BCUT2D eigenvalue weighted by atomic mass is 9.77. The fourth-order valence-corrected chi connectivity index (χ4v) is 2.48. The van der Waals surface area contributed by atoms with E-state index in [1.807, 2.05) is 6.92 Å². The first-order chi connectivity index (χ1) is 8.53. The van der Waals surface area contributed by atoms with Gasteiger partial charge in [0.2, 0.25) is 0 Å². The van der Waals surface area contributed by atoms with Crippen molar-refractivity contribution >= 4 is 5.97 Å². The minimum Gasteiger partial charge on any atom is -0.478 e. The van der Waals surface area contributed by atoms with Crippen molar-refractivity contribution in [3.05, 3.63) is 11.6 Å². The summed E-state index contributed by atoms with van der Waals surface area (Å²) in [6.07, 6.45) is 6.42. The fraction of sp³-hybridized carbons (Fsp3) is 0.786. The van der Waals surface area contributed by atoms with E-state index in [2.05, 4.69) is 12.2 Å². The van der Waals surface area contributed by atoms with Crippen LogP contribution < -0.4 is 5.32 Å². The third-order valence-corrected chi connectivity index (χ3v) is 4.02. The Kier molecular flexibility index (Phi) is 5.82. The van der Waals surface area contributed by atoms with Crippen LogP contribution in [0.2, 0.25) is 0 Å². The van der Waals surface area contributed by atoms with Crippen LogP contribution in [0.15, 0.2) is 11.6 Å². The van der Waals surface area contributed by atoms with E-state index >= 15 is 0 Å². The van der Waals surface area contributed by atoms with Gasteiger partial charge in [-0.1, -0.05) is 19.9 Å². The van der Waals surface area contributed by atoms with E-state index in [1.54, 1.807) is 6.08 Å². The molecule has 1 fully saturated rings. The van der Waals surface area contributed by atoms with E-state index in [0.29, 0.717) is 18.5 Å². The third kappa shape index (κ3) is 4.10. The van der Waals surface area contributed by atoms with Gasteiger partial charge < -0.3 is 15.5 Å². The van der Waals surface area contributed by atoms with Crippen molar-refractivity contribution in [2.75, 3.05) is 13.2 Å². The molecule has 0 spiro atoms. The first-order valence-electron chi connectivity index (χ1n) is 6.81. The molecule has 4 heteroatoms. The molecule has 0 aromatic carbocycles. The number of carboxylic acids is 1. The lowest BCUT2D eigenvalue weighted by molar-refractivity contribution is -0.132. The molecule has 0 bridgehead atoms. The van der Waals surface area contributed by atoms with Crippen molar-refractivity contribution in [3.63, 3.8) is 0 Å². The minimum atomic E-state index is -0.852. The van der Waals surface area contributed by atoms with Gasteiger partial charge in [-0.05, 0) is 38.0 Å². The van der Waals surface area contributed by atoms with Crippen molar-refractivity contribution in [1.29, 1.82) is 0 Å². The van der Waals surface area contributed by atoms with Crippen molar-refractivity contribution < 1.29 is 15.0 Å². The van der Waals surface area contributed by atoms with Gasteiger partial charge in [0, 0.05) is 17.7 Å². The number of rotatable bonds is 6. The topological polar surface area (TPSA) is 69.6 Å². The molecule has 18 heavy (non-hydrogen) atoms. The zero-order chi connectivity index (χ0) is 13.6. The van der Waals surface area contributed by atoms with E-state index in [-0.39, 0.29) is 12.1 Å². The summed E-state index contributed by atoms with van der Waals surface area (Å²) < 4.78 is 0. The van der Waals surface area contributed by atoms with Crippen LogP contribution in [0.5, 0.6) is 0 Å². The predicted molar refractivity (Wildman–Crippen MR) is 71.5 cm³/mol. The maximum atomic E-state index is 10.9. The Balaban J connectivity index is 2.52. The maximum absolute atomic E-state index is 10.9. The number of nitrogens with one attached hydrogen (secondary N) is 1. The molecule has 1 rings (SSSR count). The van der Waals surface area contributed by atoms with Crippen LogP contribution >= 0.6 is 0 Å². The first-order valence-corrected chi connectivity index (χ1v) is 6.81. The highest BCUT2D eigenvalue weighted by molar-refractivity contribution is 5.86. The molecule has 1 saturated carbocycles. The monoisotopic (exact) mass is 255 g/mol. The number of carboxylic acid groups (broad SMARTS) is 1. The fourth-order valence-electron chi connectivity index (χ4n) is 2.48. The number of hydrogen-bond donors (Lipinski definition) is 3. The summed E-state index contributed by atoms with van der Waals surface area (Å²) in [4.78, 5) is 10.9. The second-order valence-electron chi connectivity index (χ2n) is 5.39. The molecule has 0 unspecified atom stereocenters. The number of hydrogen-bond acceptors (Lipinski definition) is 3. The molecular formula is C14H25NO3. The van der Waals surface area contributed by atoms with Gasteiger partial charge in [0.25, 0.3) is 0 Å². The number of aliphatic carboxylic acids is 1. The van der Waals surface area contributed by atoms with Crippen molar-refractivity contribution in [3.8, 4) is 0 Å². The highest BCUT2D eigenvalue weighted by Crippen LogP contribution is 2.31. The molecule has 3 N–H and O–H groups in total. The molecule has 0 atom stereocenters. The highest BCUT2D eigenvalue weighted by Gasteiger charge is 2.32. The second kappa shape index (κ2) is 6.90. The molecule has 0 amide bonds. The van der Waals surface area contributed by atoms with E-state index in [9.17, 15) is 9.90 Å². The van der Waals surface area contributed by atoms with E-state index in [0.717, 1.165) is 31.6 Å². The largest absolute Gasteiger partial charge is 0.478 e. The number of carbonyl (C=O) groups is 1. The molecule has 0 heterocycles. The molecule has 0 aromatic rings. The van der Waals surface area contributed by atoms with Gasteiger partial charge in [0.15, 0.2) is 0 Å². The highest BCUT2D eigenvalue weighted by atomic mass is 16.4. The van der Waals surface area contributed by atoms with Crippen LogP contribution in [0.1, 0.15) is 46.0 Å². The van der Waals surface area contributed by atoms with Crippen LogP contribution in [0.3, 0.4) is 0 Å². The van der Waals surface area contributed by atoms with Crippen molar-refractivity contribution in [1.82, 2.24) is 5.32 Å². The number of aliphatic hydroxyl groups excluding tert-OH is 1. The summed E-state index contributed by atoms with van der Waals surface area (Å²) in [5, 5.41) is 21.8. The summed E-state index contributed by atoms with van der Waals surface area (Å²) in [7, 11) is 0.